The minimum Gasteiger partial charge on any atom is -0.357 e. The molecule has 0 radical (unpaired) electrons. The maximum Gasteiger partial charge on any atom is 0.191 e. The third kappa shape index (κ3) is 6.75. The maximum atomic E-state index is 4.75. The van der Waals surface area contributed by atoms with Gasteiger partial charge in [-0.25, -0.2) is 15.0 Å². The molecule has 0 spiro atoms. The van der Waals surface area contributed by atoms with E-state index in [1.165, 1.54) is 14.8 Å². The third-order valence-electron chi connectivity index (χ3n) is 4.34. The first kappa shape index (κ1) is 23.8. The van der Waals surface area contributed by atoms with Crippen molar-refractivity contribution >= 4 is 52.6 Å². The third-order valence-corrected chi connectivity index (χ3v) is 6.67. The largest absolute Gasteiger partial charge is 0.357 e. The molecule has 0 saturated heterocycles. The van der Waals surface area contributed by atoms with Crippen LogP contribution in [0.2, 0.25) is 0 Å². The highest BCUT2D eigenvalue weighted by atomic mass is 127. The molecule has 29 heavy (non-hydrogen) atoms. The van der Waals surface area contributed by atoms with Crippen molar-refractivity contribution in [1.29, 1.82) is 0 Å². The molecule has 8 heteroatoms. The molecule has 0 fully saturated rings. The van der Waals surface area contributed by atoms with Crippen molar-refractivity contribution in [2.75, 3.05) is 13.1 Å². The second-order valence-corrected chi connectivity index (χ2v) is 8.89. The van der Waals surface area contributed by atoms with Crippen LogP contribution in [0.5, 0.6) is 0 Å². The molecule has 0 saturated carbocycles. The van der Waals surface area contributed by atoms with Crippen LogP contribution in [-0.2, 0) is 13.0 Å². The fourth-order valence-corrected chi connectivity index (χ4v) is 4.63. The standard InChI is InChI=1S/C21H27N5S2.HI/c1-5-22-21(23-12-11-19-25-14(2)16(4)27-19)24-13-18-15(3)26-20(28-18)17-9-7-6-8-10-17;/h6-10H,5,11-13H2,1-4H3,(H2,22,23,24);1H. The highest BCUT2D eigenvalue weighted by Crippen LogP contribution is 2.28. The van der Waals surface area contributed by atoms with E-state index in [4.69, 9.17) is 9.98 Å². The SMILES string of the molecule is CCNC(=NCc1sc(-c2ccccc2)nc1C)NCCc1nc(C)c(C)s1.I. The molecule has 5 nitrogen and oxygen atoms in total. The van der Waals surface area contributed by atoms with E-state index in [2.05, 4.69) is 55.4 Å². The Balaban J connectivity index is 0.00000300. The average Bonchev–Trinajstić information content (AvgIpc) is 3.22. The van der Waals surface area contributed by atoms with Crippen molar-refractivity contribution in [2.45, 2.75) is 40.7 Å². The van der Waals surface area contributed by atoms with Crippen molar-refractivity contribution in [3.63, 3.8) is 0 Å². The molecule has 0 aliphatic carbocycles. The fraction of sp³-hybridized carbons (Fsp3) is 0.381. The first-order chi connectivity index (χ1) is 13.6. The number of thiazole rings is 2. The van der Waals surface area contributed by atoms with E-state index in [1.807, 2.05) is 18.2 Å². The second kappa shape index (κ2) is 11.6. The van der Waals surface area contributed by atoms with Crippen LogP contribution in [0.3, 0.4) is 0 Å². The lowest BCUT2D eigenvalue weighted by Crippen LogP contribution is -2.38. The highest BCUT2D eigenvalue weighted by Gasteiger charge is 2.09. The molecule has 3 rings (SSSR count). The predicted octanol–water partition coefficient (Wildman–Crippen LogP) is 5.11. The Morgan fingerprint density at radius 3 is 2.41 bits per heavy atom. The number of aromatic nitrogens is 2. The van der Waals surface area contributed by atoms with E-state index >= 15 is 0 Å². The highest BCUT2D eigenvalue weighted by molar-refractivity contribution is 14.0. The number of nitrogens with zero attached hydrogens (tertiary/aromatic N) is 3. The number of aliphatic imine (C=N–C) groups is 1. The summed E-state index contributed by atoms with van der Waals surface area (Å²) >= 11 is 3.49. The van der Waals surface area contributed by atoms with Gasteiger partial charge in [0.2, 0.25) is 0 Å². The van der Waals surface area contributed by atoms with Crippen LogP contribution in [-0.4, -0.2) is 29.0 Å². The maximum absolute atomic E-state index is 4.75. The van der Waals surface area contributed by atoms with Gasteiger partial charge in [-0.1, -0.05) is 30.3 Å². The van der Waals surface area contributed by atoms with E-state index in [1.54, 1.807) is 22.7 Å². The van der Waals surface area contributed by atoms with Gasteiger partial charge in [-0.05, 0) is 27.7 Å². The minimum atomic E-state index is 0. The van der Waals surface area contributed by atoms with Crippen LogP contribution >= 0.6 is 46.7 Å². The number of nitrogens with one attached hydrogen (secondary N) is 2. The molecule has 2 N–H and O–H groups in total. The molecular formula is C21H28IN5S2. The molecule has 2 aromatic heterocycles. The number of hydrogen-bond donors (Lipinski definition) is 2. The minimum absolute atomic E-state index is 0. The van der Waals surface area contributed by atoms with Gasteiger partial charge in [0.05, 0.1) is 22.9 Å². The summed E-state index contributed by atoms with van der Waals surface area (Å²) in [7, 11) is 0. The smallest absolute Gasteiger partial charge is 0.191 e. The number of benzene rings is 1. The topological polar surface area (TPSA) is 62.2 Å². The first-order valence-electron chi connectivity index (χ1n) is 9.53. The monoisotopic (exact) mass is 541 g/mol. The molecule has 0 unspecified atom stereocenters. The van der Waals surface area contributed by atoms with Gasteiger partial charge in [-0.3, -0.25) is 0 Å². The lowest BCUT2D eigenvalue weighted by molar-refractivity contribution is 0.796. The van der Waals surface area contributed by atoms with Gasteiger partial charge >= 0.3 is 0 Å². The van der Waals surface area contributed by atoms with Crippen molar-refractivity contribution in [3.05, 3.63) is 56.5 Å². The molecule has 0 aliphatic heterocycles. The molecule has 1 aromatic carbocycles. The molecule has 0 atom stereocenters. The summed E-state index contributed by atoms with van der Waals surface area (Å²) in [5, 5.41) is 8.96. The quantitative estimate of drug-likeness (QED) is 0.248. The molecule has 0 aliphatic rings. The van der Waals surface area contributed by atoms with E-state index in [0.29, 0.717) is 6.54 Å². The zero-order valence-electron chi connectivity index (χ0n) is 17.3. The van der Waals surface area contributed by atoms with Gasteiger partial charge in [0.15, 0.2) is 5.96 Å². The van der Waals surface area contributed by atoms with Crippen molar-refractivity contribution in [2.24, 2.45) is 4.99 Å². The second-order valence-electron chi connectivity index (χ2n) is 6.51. The van der Waals surface area contributed by atoms with E-state index in [-0.39, 0.29) is 24.0 Å². The van der Waals surface area contributed by atoms with Crippen LogP contribution in [0.1, 0.15) is 33.1 Å². The van der Waals surface area contributed by atoms with Crippen LogP contribution in [0.25, 0.3) is 10.6 Å². The number of halogens is 1. The molecular weight excluding hydrogens is 513 g/mol. The van der Waals surface area contributed by atoms with Crippen molar-refractivity contribution < 1.29 is 0 Å². The molecule has 3 aromatic rings. The van der Waals surface area contributed by atoms with Crippen LogP contribution < -0.4 is 10.6 Å². The first-order valence-corrected chi connectivity index (χ1v) is 11.2. The van der Waals surface area contributed by atoms with Crippen molar-refractivity contribution in [3.8, 4) is 10.6 Å². The summed E-state index contributed by atoms with van der Waals surface area (Å²) < 4.78 is 0. The lowest BCUT2D eigenvalue weighted by atomic mass is 10.2. The predicted molar refractivity (Wildman–Crippen MR) is 136 cm³/mol. The summed E-state index contributed by atoms with van der Waals surface area (Å²) in [4.78, 5) is 16.6. The van der Waals surface area contributed by atoms with Crippen LogP contribution in [0, 0.1) is 20.8 Å². The van der Waals surface area contributed by atoms with Gasteiger partial charge in [-0.2, -0.15) is 0 Å². The summed E-state index contributed by atoms with van der Waals surface area (Å²) in [6, 6.07) is 10.3. The Bertz CT molecular complexity index is 914. The van der Waals surface area contributed by atoms with E-state index < -0.39 is 0 Å². The van der Waals surface area contributed by atoms with Gasteiger partial charge in [-0.15, -0.1) is 46.7 Å². The number of guanidine groups is 1. The van der Waals surface area contributed by atoms with Gasteiger partial charge in [0.25, 0.3) is 0 Å². The van der Waals surface area contributed by atoms with Gasteiger partial charge < -0.3 is 10.6 Å². The summed E-state index contributed by atoms with van der Waals surface area (Å²) in [5.74, 6) is 0.835. The molecule has 0 amide bonds. The number of rotatable bonds is 7. The summed E-state index contributed by atoms with van der Waals surface area (Å²) in [6.45, 7) is 10.6. The van der Waals surface area contributed by atoms with E-state index in [0.717, 1.165) is 47.4 Å². The lowest BCUT2D eigenvalue weighted by Gasteiger charge is -2.10. The fourth-order valence-electron chi connectivity index (χ4n) is 2.71. The van der Waals surface area contributed by atoms with Gasteiger partial charge in [0.1, 0.15) is 5.01 Å². The zero-order valence-corrected chi connectivity index (χ0v) is 21.2. The number of hydrogen-bond acceptors (Lipinski definition) is 5. The molecule has 0 bridgehead atoms. The van der Waals surface area contributed by atoms with Crippen LogP contribution in [0.15, 0.2) is 35.3 Å². The molecule has 156 valence electrons. The van der Waals surface area contributed by atoms with Gasteiger partial charge in [0, 0.05) is 34.8 Å². The molecule has 2 heterocycles. The zero-order chi connectivity index (χ0) is 19.9. The number of aryl methyl sites for hydroxylation is 3. The Morgan fingerprint density at radius 1 is 1.00 bits per heavy atom. The Hall–Kier alpha value is -1.52. The summed E-state index contributed by atoms with van der Waals surface area (Å²) in [6.07, 6.45) is 0.904. The summed E-state index contributed by atoms with van der Waals surface area (Å²) in [5.41, 5.74) is 3.34. The Kier molecular flexibility index (Phi) is 9.51. The Labute approximate surface area is 198 Å². The average molecular weight is 542 g/mol. The van der Waals surface area contributed by atoms with E-state index in [9.17, 15) is 0 Å². The van der Waals surface area contributed by atoms with Crippen molar-refractivity contribution in [1.82, 2.24) is 20.6 Å². The normalized spacial score (nSPS) is 11.2. The Morgan fingerprint density at radius 2 is 1.76 bits per heavy atom. The van der Waals surface area contributed by atoms with Crippen LogP contribution in [0.4, 0.5) is 0 Å².